The van der Waals surface area contributed by atoms with E-state index >= 15 is 0 Å². The van der Waals surface area contributed by atoms with Crippen LogP contribution in [0.4, 0.5) is 0 Å². The molecule has 1 atom stereocenters. The minimum Gasteiger partial charge on any atom is -0.349 e. The number of aromatic nitrogens is 1. The van der Waals surface area contributed by atoms with E-state index in [0.29, 0.717) is 0 Å². The summed E-state index contributed by atoms with van der Waals surface area (Å²) in [6, 6.07) is 6.83. The molecular formula is C14H17BrN2. The quantitative estimate of drug-likeness (QED) is 0.900. The van der Waals surface area contributed by atoms with Crippen molar-refractivity contribution in [3.8, 4) is 0 Å². The molecule has 1 aromatic carbocycles. The Morgan fingerprint density at radius 3 is 3.12 bits per heavy atom. The Bertz CT molecular complexity index is 538. The first kappa shape index (κ1) is 11.3. The minimum absolute atomic E-state index is 0.816. The topological polar surface area (TPSA) is 17.0 Å². The van der Waals surface area contributed by atoms with Gasteiger partial charge in [-0.3, -0.25) is 0 Å². The van der Waals surface area contributed by atoms with Gasteiger partial charge in [0.1, 0.15) is 0 Å². The molecule has 3 heteroatoms. The standard InChI is InChI=1S/C14H17BrN2/c1-17-9-13(15)12-3-2-10(7-14(12)17)6-11-4-5-16-8-11/h2-3,7,9,11,16H,4-6,8H2,1H3. The zero-order chi connectivity index (χ0) is 11.8. The summed E-state index contributed by atoms with van der Waals surface area (Å²) in [6.07, 6.45) is 4.65. The molecule has 1 unspecified atom stereocenters. The Morgan fingerprint density at radius 2 is 2.35 bits per heavy atom. The lowest BCUT2D eigenvalue weighted by atomic mass is 9.98. The van der Waals surface area contributed by atoms with Crippen molar-refractivity contribution in [1.82, 2.24) is 9.88 Å². The Kier molecular flexibility index (Phi) is 2.97. The van der Waals surface area contributed by atoms with Crippen LogP contribution in [0.1, 0.15) is 12.0 Å². The monoisotopic (exact) mass is 292 g/mol. The number of rotatable bonds is 2. The van der Waals surface area contributed by atoms with E-state index in [1.165, 1.54) is 46.9 Å². The van der Waals surface area contributed by atoms with Crippen LogP contribution < -0.4 is 5.32 Å². The molecule has 17 heavy (non-hydrogen) atoms. The second kappa shape index (κ2) is 4.46. The summed E-state index contributed by atoms with van der Waals surface area (Å²) in [5.74, 6) is 0.816. The predicted octanol–water partition coefficient (Wildman–Crippen LogP) is 3.09. The highest BCUT2D eigenvalue weighted by Crippen LogP contribution is 2.27. The van der Waals surface area contributed by atoms with Crippen LogP contribution in [-0.4, -0.2) is 17.7 Å². The molecule has 1 N–H and O–H groups in total. The fraction of sp³-hybridized carbons (Fsp3) is 0.429. The summed E-state index contributed by atoms with van der Waals surface area (Å²) >= 11 is 3.60. The van der Waals surface area contributed by atoms with Gasteiger partial charge in [0, 0.05) is 28.6 Å². The molecule has 0 bridgehead atoms. The van der Waals surface area contributed by atoms with Gasteiger partial charge < -0.3 is 9.88 Å². The van der Waals surface area contributed by atoms with Crippen molar-refractivity contribution >= 4 is 26.8 Å². The average Bonchev–Trinajstić information content (AvgIpc) is 2.89. The molecule has 1 aliphatic rings. The van der Waals surface area contributed by atoms with Crippen molar-refractivity contribution in [1.29, 1.82) is 0 Å². The lowest BCUT2D eigenvalue weighted by Crippen LogP contribution is -2.10. The number of nitrogens with zero attached hydrogens (tertiary/aromatic N) is 1. The molecule has 2 heterocycles. The van der Waals surface area contributed by atoms with Crippen LogP contribution in [0.2, 0.25) is 0 Å². The normalized spacial score (nSPS) is 20.2. The highest BCUT2D eigenvalue weighted by Gasteiger charge is 2.15. The Labute approximate surface area is 110 Å². The van der Waals surface area contributed by atoms with Crippen LogP contribution in [0.3, 0.4) is 0 Å². The molecule has 0 aliphatic carbocycles. The van der Waals surface area contributed by atoms with Crippen LogP contribution in [0.25, 0.3) is 10.9 Å². The number of nitrogens with one attached hydrogen (secondary N) is 1. The van der Waals surface area contributed by atoms with Crippen LogP contribution >= 0.6 is 15.9 Å². The highest BCUT2D eigenvalue weighted by molar-refractivity contribution is 9.10. The first-order valence-electron chi connectivity index (χ1n) is 6.18. The number of benzene rings is 1. The molecule has 2 nitrogen and oxygen atoms in total. The van der Waals surface area contributed by atoms with E-state index in [-0.39, 0.29) is 0 Å². The SMILES string of the molecule is Cn1cc(Br)c2ccc(CC3CCNC3)cc21. The van der Waals surface area contributed by atoms with E-state index in [4.69, 9.17) is 0 Å². The van der Waals surface area contributed by atoms with Crippen molar-refractivity contribution in [2.45, 2.75) is 12.8 Å². The molecule has 0 spiro atoms. The van der Waals surface area contributed by atoms with Gasteiger partial charge in [0.25, 0.3) is 0 Å². The number of aryl methyl sites for hydroxylation is 1. The fourth-order valence-electron chi connectivity index (χ4n) is 2.73. The Morgan fingerprint density at radius 1 is 1.47 bits per heavy atom. The van der Waals surface area contributed by atoms with E-state index in [2.05, 4.69) is 57.3 Å². The van der Waals surface area contributed by atoms with Crippen molar-refractivity contribution in [3.63, 3.8) is 0 Å². The first-order valence-corrected chi connectivity index (χ1v) is 6.97. The van der Waals surface area contributed by atoms with Crippen LogP contribution in [-0.2, 0) is 13.5 Å². The van der Waals surface area contributed by atoms with Crippen molar-refractivity contribution in [2.24, 2.45) is 13.0 Å². The zero-order valence-electron chi connectivity index (χ0n) is 10.0. The molecular weight excluding hydrogens is 276 g/mol. The van der Waals surface area contributed by atoms with Crippen molar-refractivity contribution in [3.05, 3.63) is 34.4 Å². The maximum absolute atomic E-state index is 3.60. The summed E-state index contributed by atoms with van der Waals surface area (Å²) in [4.78, 5) is 0. The number of hydrogen-bond acceptors (Lipinski definition) is 1. The average molecular weight is 293 g/mol. The fourth-order valence-corrected chi connectivity index (χ4v) is 3.37. The molecule has 1 aliphatic heterocycles. The molecule has 1 aromatic heterocycles. The van der Waals surface area contributed by atoms with Gasteiger partial charge in [0.05, 0.1) is 0 Å². The van der Waals surface area contributed by atoms with Gasteiger partial charge in [-0.05, 0) is 59.4 Å². The molecule has 0 radical (unpaired) electrons. The third kappa shape index (κ3) is 2.14. The van der Waals surface area contributed by atoms with Gasteiger partial charge in [-0.2, -0.15) is 0 Å². The van der Waals surface area contributed by atoms with E-state index in [9.17, 15) is 0 Å². The molecule has 0 amide bonds. The first-order chi connectivity index (χ1) is 8.24. The van der Waals surface area contributed by atoms with E-state index < -0.39 is 0 Å². The molecule has 2 aromatic rings. The Hall–Kier alpha value is -0.800. The lowest BCUT2D eigenvalue weighted by Gasteiger charge is -2.08. The van der Waals surface area contributed by atoms with E-state index in [1.807, 2.05) is 0 Å². The number of halogens is 1. The van der Waals surface area contributed by atoms with Crippen LogP contribution in [0.5, 0.6) is 0 Å². The van der Waals surface area contributed by atoms with E-state index in [1.54, 1.807) is 0 Å². The van der Waals surface area contributed by atoms with Crippen LogP contribution in [0.15, 0.2) is 28.9 Å². The Balaban J connectivity index is 1.92. The summed E-state index contributed by atoms with van der Waals surface area (Å²) < 4.78 is 3.37. The third-order valence-corrected chi connectivity index (χ3v) is 4.33. The molecule has 1 saturated heterocycles. The smallest absolute Gasteiger partial charge is 0.0492 e. The largest absolute Gasteiger partial charge is 0.349 e. The number of hydrogen-bond donors (Lipinski definition) is 1. The van der Waals surface area contributed by atoms with Gasteiger partial charge in [-0.1, -0.05) is 12.1 Å². The van der Waals surface area contributed by atoms with Crippen molar-refractivity contribution < 1.29 is 0 Å². The molecule has 0 saturated carbocycles. The minimum atomic E-state index is 0.816. The molecule has 1 fully saturated rings. The van der Waals surface area contributed by atoms with Gasteiger partial charge in [-0.15, -0.1) is 0 Å². The summed E-state index contributed by atoms with van der Waals surface area (Å²) in [5.41, 5.74) is 2.78. The summed E-state index contributed by atoms with van der Waals surface area (Å²) in [7, 11) is 2.11. The second-order valence-electron chi connectivity index (χ2n) is 5.00. The van der Waals surface area contributed by atoms with Gasteiger partial charge >= 0.3 is 0 Å². The van der Waals surface area contributed by atoms with Crippen LogP contribution in [0, 0.1) is 5.92 Å². The summed E-state index contributed by atoms with van der Waals surface area (Å²) in [6.45, 7) is 2.36. The lowest BCUT2D eigenvalue weighted by molar-refractivity contribution is 0.580. The van der Waals surface area contributed by atoms with Crippen molar-refractivity contribution in [2.75, 3.05) is 13.1 Å². The second-order valence-corrected chi connectivity index (χ2v) is 5.86. The summed E-state index contributed by atoms with van der Waals surface area (Å²) in [5, 5.41) is 4.74. The van der Waals surface area contributed by atoms with Gasteiger partial charge in [-0.25, -0.2) is 0 Å². The maximum atomic E-state index is 3.60. The van der Waals surface area contributed by atoms with Gasteiger partial charge in [0.2, 0.25) is 0 Å². The zero-order valence-corrected chi connectivity index (χ0v) is 11.6. The molecule has 90 valence electrons. The van der Waals surface area contributed by atoms with E-state index in [0.717, 1.165) is 5.92 Å². The molecule has 3 rings (SSSR count). The highest BCUT2D eigenvalue weighted by atomic mass is 79.9. The third-order valence-electron chi connectivity index (χ3n) is 3.69. The maximum Gasteiger partial charge on any atom is 0.0492 e. The number of fused-ring (bicyclic) bond motifs is 1. The van der Waals surface area contributed by atoms with Gasteiger partial charge in [0.15, 0.2) is 0 Å². The predicted molar refractivity (Wildman–Crippen MR) is 75.3 cm³/mol.